The second-order valence-electron chi connectivity index (χ2n) is 5.51. The van der Waals surface area contributed by atoms with Crippen LogP contribution in [-0.2, 0) is 0 Å². The summed E-state index contributed by atoms with van der Waals surface area (Å²) in [5.41, 5.74) is 6.16. The summed E-state index contributed by atoms with van der Waals surface area (Å²) in [5, 5.41) is 3.14. The number of hydrogen-bond donors (Lipinski definition) is 2. The molecule has 1 amide bonds. The van der Waals surface area contributed by atoms with Crippen LogP contribution in [0, 0.1) is 0 Å². The fourth-order valence-corrected chi connectivity index (χ4v) is 3.73. The predicted molar refractivity (Wildman–Crippen MR) is 92.9 cm³/mol. The van der Waals surface area contributed by atoms with Crippen molar-refractivity contribution in [2.45, 2.75) is 49.0 Å². The van der Waals surface area contributed by atoms with Crippen molar-refractivity contribution in [3.8, 4) is 0 Å². The van der Waals surface area contributed by atoms with E-state index >= 15 is 0 Å². The van der Waals surface area contributed by atoms with Gasteiger partial charge < -0.3 is 11.1 Å². The van der Waals surface area contributed by atoms with E-state index in [-0.39, 0.29) is 5.91 Å². The summed E-state index contributed by atoms with van der Waals surface area (Å²) in [6, 6.07) is 7.64. The molecule has 0 bridgehead atoms. The zero-order chi connectivity index (χ0) is 15.3. The highest BCUT2D eigenvalue weighted by Gasteiger charge is 2.36. The Hall–Kier alpha value is -1.07. The highest BCUT2D eigenvalue weighted by atomic mass is 32.2. The molecule has 1 fully saturated rings. The maximum Gasteiger partial charge on any atom is 0.253 e. The van der Waals surface area contributed by atoms with E-state index in [1.807, 2.05) is 30.5 Å². The van der Waals surface area contributed by atoms with Crippen LogP contribution >= 0.6 is 24.0 Å². The molecule has 114 valence electrons. The molecular formula is C16H22N2OS2. The van der Waals surface area contributed by atoms with Crippen molar-refractivity contribution in [1.82, 2.24) is 5.32 Å². The molecule has 21 heavy (non-hydrogen) atoms. The third-order valence-corrected chi connectivity index (χ3v) is 5.32. The summed E-state index contributed by atoms with van der Waals surface area (Å²) in [6.07, 6.45) is 8.14. The number of carbonyl (C=O) groups excluding carboxylic acids is 1. The van der Waals surface area contributed by atoms with E-state index in [0.717, 1.165) is 30.6 Å². The zero-order valence-electron chi connectivity index (χ0n) is 12.4. The minimum atomic E-state index is -0.519. The Bertz CT molecular complexity index is 523. The summed E-state index contributed by atoms with van der Waals surface area (Å²) in [4.78, 5) is 14.1. The van der Waals surface area contributed by atoms with Crippen LogP contribution in [0.1, 0.15) is 48.9 Å². The number of rotatable bonds is 4. The molecule has 0 spiro atoms. The van der Waals surface area contributed by atoms with Gasteiger partial charge in [0.05, 0.1) is 16.1 Å². The van der Waals surface area contributed by atoms with E-state index in [2.05, 4.69) is 5.32 Å². The smallest absolute Gasteiger partial charge is 0.253 e. The van der Waals surface area contributed by atoms with E-state index < -0.39 is 5.54 Å². The van der Waals surface area contributed by atoms with Crippen LogP contribution in [-0.4, -0.2) is 22.7 Å². The molecule has 1 saturated carbocycles. The average Bonchev–Trinajstić information content (AvgIpc) is 2.73. The molecule has 3 nitrogen and oxygen atoms in total. The number of carbonyl (C=O) groups is 1. The Morgan fingerprint density at radius 3 is 2.43 bits per heavy atom. The Kier molecular flexibility index (Phi) is 5.65. The van der Waals surface area contributed by atoms with Gasteiger partial charge in [-0.3, -0.25) is 4.79 Å². The number of nitrogens with two attached hydrogens (primary N) is 1. The van der Waals surface area contributed by atoms with Crippen molar-refractivity contribution in [3.05, 3.63) is 29.8 Å². The SMILES string of the molecule is CSc1ccccc1C(=O)NC1(C(N)=S)CCCCCC1. The van der Waals surface area contributed by atoms with Gasteiger partial charge in [0.2, 0.25) is 0 Å². The van der Waals surface area contributed by atoms with Gasteiger partial charge >= 0.3 is 0 Å². The van der Waals surface area contributed by atoms with E-state index in [9.17, 15) is 4.79 Å². The Morgan fingerprint density at radius 1 is 1.24 bits per heavy atom. The van der Waals surface area contributed by atoms with Crippen LogP contribution in [0.2, 0.25) is 0 Å². The molecule has 0 unspecified atom stereocenters. The van der Waals surface area contributed by atoms with Gasteiger partial charge in [0.25, 0.3) is 5.91 Å². The van der Waals surface area contributed by atoms with Gasteiger partial charge in [-0.1, -0.05) is 50.0 Å². The third-order valence-electron chi connectivity index (χ3n) is 4.13. The zero-order valence-corrected chi connectivity index (χ0v) is 14.0. The van der Waals surface area contributed by atoms with E-state index in [4.69, 9.17) is 18.0 Å². The molecule has 1 aromatic carbocycles. The average molecular weight is 322 g/mol. The lowest BCUT2D eigenvalue weighted by Gasteiger charge is -2.33. The summed E-state index contributed by atoms with van der Waals surface area (Å²) in [6.45, 7) is 0. The predicted octanol–water partition coefficient (Wildman–Crippen LogP) is 3.52. The first-order chi connectivity index (χ1) is 10.1. The van der Waals surface area contributed by atoms with E-state index in [0.29, 0.717) is 10.6 Å². The lowest BCUT2D eigenvalue weighted by molar-refractivity contribution is 0.0914. The van der Waals surface area contributed by atoms with Crippen LogP contribution in [0.4, 0.5) is 0 Å². The van der Waals surface area contributed by atoms with Gasteiger partial charge in [-0.25, -0.2) is 0 Å². The molecule has 1 aliphatic carbocycles. The topological polar surface area (TPSA) is 55.1 Å². The van der Waals surface area contributed by atoms with Gasteiger partial charge in [0.15, 0.2) is 0 Å². The van der Waals surface area contributed by atoms with Gasteiger partial charge in [-0.15, -0.1) is 11.8 Å². The van der Waals surface area contributed by atoms with Crippen molar-refractivity contribution >= 4 is 34.9 Å². The number of thiocarbonyl (C=S) groups is 1. The normalized spacial score (nSPS) is 17.8. The number of benzene rings is 1. The molecule has 1 aliphatic rings. The lowest BCUT2D eigenvalue weighted by Crippen LogP contribution is -2.56. The summed E-state index contributed by atoms with van der Waals surface area (Å²) >= 11 is 6.85. The summed E-state index contributed by atoms with van der Waals surface area (Å²) in [5.74, 6) is -0.0744. The molecule has 0 atom stereocenters. The first-order valence-corrected chi connectivity index (χ1v) is 8.98. The number of nitrogens with one attached hydrogen (secondary N) is 1. The Morgan fingerprint density at radius 2 is 1.86 bits per heavy atom. The van der Waals surface area contributed by atoms with Crippen molar-refractivity contribution < 1.29 is 4.79 Å². The second kappa shape index (κ2) is 7.27. The van der Waals surface area contributed by atoms with Crippen LogP contribution in [0.3, 0.4) is 0 Å². The standard InChI is InChI=1S/C16H22N2OS2/c1-21-13-9-5-4-8-12(13)14(19)18-16(15(17)20)10-6-2-3-7-11-16/h4-5,8-9H,2-3,6-7,10-11H2,1H3,(H2,17,20)(H,18,19). The lowest BCUT2D eigenvalue weighted by atomic mass is 9.89. The quantitative estimate of drug-likeness (QED) is 0.506. The van der Waals surface area contributed by atoms with Crippen LogP contribution in [0.5, 0.6) is 0 Å². The van der Waals surface area contributed by atoms with E-state index in [1.54, 1.807) is 11.8 Å². The monoisotopic (exact) mass is 322 g/mol. The van der Waals surface area contributed by atoms with Crippen LogP contribution in [0.25, 0.3) is 0 Å². The van der Waals surface area contributed by atoms with Crippen molar-refractivity contribution in [2.24, 2.45) is 5.73 Å². The minimum Gasteiger partial charge on any atom is -0.391 e. The number of thioether (sulfide) groups is 1. The maximum absolute atomic E-state index is 12.7. The highest BCUT2D eigenvalue weighted by molar-refractivity contribution is 7.98. The van der Waals surface area contributed by atoms with Crippen molar-refractivity contribution in [2.75, 3.05) is 6.26 Å². The Labute approximate surface area is 136 Å². The van der Waals surface area contributed by atoms with Crippen molar-refractivity contribution in [3.63, 3.8) is 0 Å². The largest absolute Gasteiger partial charge is 0.391 e. The first-order valence-electron chi connectivity index (χ1n) is 7.34. The van der Waals surface area contributed by atoms with Gasteiger partial charge in [-0.05, 0) is 31.2 Å². The molecule has 3 N–H and O–H groups in total. The Balaban J connectivity index is 2.24. The van der Waals surface area contributed by atoms with Gasteiger partial charge in [0.1, 0.15) is 0 Å². The molecule has 2 rings (SSSR count). The fourth-order valence-electron chi connectivity index (χ4n) is 2.88. The summed E-state index contributed by atoms with van der Waals surface area (Å²) < 4.78 is 0. The minimum absolute atomic E-state index is 0.0744. The van der Waals surface area contributed by atoms with Crippen LogP contribution in [0.15, 0.2) is 29.2 Å². The van der Waals surface area contributed by atoms with Crippen LogP contribution < -0.4 is 11.1 Å². The third kappa shape index (κ3) is 3.77. The molecule has 1 aromatic rings. The highest BCUT2D eigenvalue weighted by Crippen LogP contribution is 2.29. The van der Waals surface area contributed by atoms with Gasteiger partial charge in [-0.2, -0.15) is 0 Å². The fraction of sp³-hybridized carbons (Fsp3) is 0.500. The molecule has 0 saturated heterocycles. The molecular weight excluding hydrogens is 300 g/mol. The molecule has 0 radical (unpaired) electrons. The van der Waals surface area contributed by atoms with Crippen molar-refractivity contribution in [1.29, 1.82) is 0 Å². The first kappa shape index (κ1) is 16.3. The van der Waals surface area contributed by atoms with Gasteiger partial charge in [0, 0.05) is 4.90 Å². The summed E-state index contributed by atoms with van der Waals surface area (Å²) in [7, 11) is 0. The maximum atomic E-state index is 12.7. The van der Waals surface area contributed by atoms with E-state index in [1.165, 1.54) is 12.8 Å². The number of amides is 1. The molecule has 0 aromatic heterocycles. The molecule has 5 heteroatoms. The molecule has 0 heterocycles. The second-order valence-corrected chi connectivity index (χ2v) is 6.80. The number of hydrogen-bond acceptors (Lipinski definition) is 3. The molecule has 0 aliphatic heterocycles.